The third kappa shape index (κ3) is 3.81. The minimum absolute atomic E-state index is 0.805. The maximum atomic E-state index is 10.8. The number of rotatable bonds is 6. The summed E-state index contributed by atoms with van der Waals surface area (Å²) >= 11 is 0. The summed E-state index contributed by atoms with van der Waals surface area (Å²) in [7, 11) is 0. The second kappa shape index (κ2) is 6.60. The number of hydrogen-bond acceptors (Lipinski definition) is 1. The summed E-state index contributed by atoms with van der Waals surface area (Å²) in [6.45, 7) is 3.64. The number of unbranched alkanes of at least 4 members (excludes halogenated alkanes) is 1. The monoisotopic (exact) mass is 201 g/mol. The Hall–Kier alpha value is -1.83. The van der Waals surface area contributed by atoms with Crippen LogP contribution >= 0.6 is 0 Å². The zero-order chi connectivity index (χ0) is 10.9. The summed E-state index contributed by atoms with van der Waals surface area (Å²) in [5, 5.41) is 0. The van der Waals surface area contributed by atoms with Crippen molar-refractivity contribution in [1.82, 2.24) is 0 Å². The van der Waals surface area contributed by atoms with Crippen molar-refractivity contribution >= 4 is 12.1 Å². The zero-order valence-electron chi connectivity index (χ0n) is 8.67. The molecule has 0 aliphatic carbocycles. The van der Waals surface area contributed by atoms with Crippen molar-refractivity contribution in [1.29, 1.82) is 0 Å². The summed E-state index contributed by atoms with van der Waals surface area (Å²) in [5.41, 5.74) is 0.877. The number of benzene rings is 1. The molecule has 0 heterocycles. The van der Waals surface area contributed by atoms with Gasteiger partial charge in [-0.1, -0.05) is 30.4 Å². The fourth-order valence-electron chi connectivity index (χ4n) is 1.18. The molecule has 0 atom stereocenters. The van der Waals surface area contributed by atoms with Crippen molar-refractivity contribution in [3.05, 3.63) is 55.3 Å². The van der Waals surface area contributed by atoms with Gasteiger partial charge in [0.05, 0.1) is 0 Å². The van der Waals surface area contributed by atoms with Crippen molar-refractivity contribution in [3.8, 4) is 0 Å². The lowest BCUT2D eigenvalue weighted by Gasteiger charge is -2.11. The fraction of sp³-hybridized carbons (Fsp3) is 0.154. The van der Waals surface area contributed by atoms with E-state index in [9.17, 15) is 4.79 Å². The molecule has 15 heavy (non-hydrogen) atoms. The number of carbonyl (C=O) groups is 1. The summed E-state index contributed by atoms with van der Waals surface area (Å²) in [5.74, 6) is 0. The Morgan fingerprint density at radius 2 is 1.93 bits per heavy atom. The molecule has 0 aromatic heterocycles. The SMILES string of the molecule is C=CCCC=CN(C=O)c1ccccc1. The maximum absolute atomic E-state index is 10.8. The Bertz CT molecular complexity index is 330. The van der Waals surface area contributed by atoms with Crippen LogP contribution in [0.1, 0.15) is 12.8 Å². The molecule has 1 aromatic rings. The van der Waals surface area contributed by atoms with E-state index >= 15 is 0 Å². The molecule has 0 aliphatic heterocycles. The number of amides is 1. The summed E-state index contributed by atoms with van der Waals surface area (Å²) in [6.07, 6.45) is 8.24. The third-order valence-electron chi connectivity index (χ3n) is 1.97. The van der Waals surface area contributed by atoms with E-state index in [0.29, 0.717) is 0 Å². The van der Waals surface area contributed by atoms with E-state index in [0.717, 1.165) is 24.9 Å². The van der Waals surface area contributed by atoms with Crippen LogP contribution in [0.2, 0.25) is 0 Å². The van der Waals surface area contributed by atoms with Gasteiger partial charge in [-0.05, 0) is 25.0 Å². The number of anilines is 1. The van der Waals surface area contributed by atoms with Crippen LogP contribution in [0.3, 0.4) is 0 Å². The van der Waals surface area contributed by atoms with Crippen LogP contribution < -0.4 is 4.90 Å². The van der Waals surface area contributed by atoms with Crippen molar-refractivity contribution in [2.24, 2.45) is 0 Å². The molecule has 0 bridgehead atoms. The minimum atomic E-state index is 0.805. The van der Waals surface area contributed by atoms with Crippen molar-refractivity contribution in [2.45, 2.75) is 12.8 Å². The summed E-state index contributed by atoms with van der Waals surface area (Å²) in [6, 6.07) is 9.53. The average Bonchev–Trinajstić information content (AvgIpc) is 2.30. The predicted molar refractivity (Wildman–Crippen MR) is 63.6 cm³/mol. The largest absolute Gasteiger partial charge is 0.291 e. The number of hydrogen-bond donors (Lipinski definition) is 0. The first kappa shape index (κ1) is 11.2. The highest BCUT2D eigenvalue weighted by Crippen LogP contribution is 2.11. The predicted octanol–water partition coefficient (Wildman–Crippen LogP) is 3.13. The molecule has 0 radical (unpaired) electrons. The van der Waals surface area contributed by atoms with E-state index in [-0.39, 0.29) is 0 Å². The van der Waals surface area contributed by atoms with Crippen LogP contribution in [0.5, 0.6) is 0 Å². The van der Waals surface area contributed by atoms with Gasteiger partial charge >= 0.3 is 0 Å². The molecule has 0 aliphatic rings. The molecule has 0 spiro atoms. The highest BCUT2D eigenvalue weighted by atomic mass is 16.1. The number of nitrogens with zero attached hydrogens (tertiary/aromatic N) is 1. The van der Waals surface area contributed by atoms with Gasteiger partial charge in [0.15, 0.2) is 0 Å². The highest BCUT2D eigenvalue weighted by molar-refractivity contribution is 5.77. The van der Waals surface area contributed by atoms with Gasteiger partial charge in [-0.2, -0.15) is 0 Å². The maximum Gasteiger partial charge on any atom is 0.218 e. The van der Waals surface area contributed by atoms with E-state index in [1.165, 1.54) is 0 Å². The Balaban J connectivity index is 2.60. The van der Waals surface area contributed by atoms with Crippen LogP contribution in [0, 0.1) is 0 Å². The molecule has 2 nitrogen and oxygen atoms in total. The van der Waals surface area contributed by atoms with E-state index < -0.39 is 0 Å². The zero-order valence-corrected chi connectivity index (χ0v) is 8.67. The highest BCUT2D eigenvalue weighted by Gasteiger charge is 1.97. The van der Waals surface area contributed by atoms with Crippen molar-refractivity contribution < 1.29 is 4.79 Å². The normalized spacial score (nSPS) is 10.1. The van der Waals surface area contributed by atoms with Gasteiger partial charge in [0.2, 0.25) is 6.41 Å². The lowest BCUT2D eigenvalue weighted by molar-refractivity contribution is -0.106. The number of allylic oxidation sites excluding steroid dienone is 2. The first-order chi connectivity index (χ1) is 7.38. The summed E-state index contributed by atoms with van der Waals surface area (Å²) in [4.78, 5) is 12.4. The van der Waals surface area contributed by atoms with Crippen LogP contribution in [0.15, 0.2) is 55.3 Å². The quantitative estimate of drug-likeness (QED) is 0.393. The minimum Gasteiger partial charge on any atom is -0.291 e. The smallest absolute Gasteiger partial charge is 0.218 e. The van der Waals surface area contributed by atoms with Gasteiger partial charge in [-0.25, -0.2) is 0 Å². The van der Waals surface area contributed by atoms with E-state index in [2.05, 4.69) is 6.58 Å². The van der Waals surface area contributed by atoms with E-state index in [1.54, 1.807) is 11.1 Å². The average molecular weight is 201 g/mol. The first-order valence-corrected chi connectivity index (χ1v) is 4.94. The number of carbonyl (C=O) groups excluding carboxylic acids is 1. The second-order valence-corrected chi connectivity index (χ2v) is 3.10. The Morgan fingerprint density at radius 1 is 1.20 bits per heavy atom. The molecule has 2 heteroatoms. The molecule has 78 valence electrons. The van der Waals surface area contributed by atoms with E-state index in [4.69, 9.17) is 0 Å². The Morgan fingerprint density at radius 3 is 2.53 bits per heavy atom. The molecular formula is C13H15NO. The van der Waals surface area contributed by atoms with Crippen LogP contribution in [0.25, 0.3) is 0 Å². The van der Waals surface area contributed by atoms with Crippen LogP contribution in [0.4, 0.5) is 5.69 Å². The molecule has 1 amide bonds. The molecule has 1 rings (SSSR count). The van der Waals surface area contributed by atoms with Gasteiger partial charge in [0.1, 0.15) is 0 Å². The standard InChI is InChI=1S/C13H15NO/c1-2-3-4-8-11-14(12-15)13-9-6-5-7-10-13/h2,5-12H,1,3-4H2. The fourth-order valence-corrected chi connectivity index (χ4v) is 1.18. The molecule has 0 saturated heterocycles. The molecule has 0 N–H and O–H groups in total. The Kier molecular flexibility index (Phi) is 4.95. The van der Waals surface area contributed by atoms with Gasteiger partial charge in [-0.15, -0.1) is 6.58 Å². The molecule has 0 saturated carbocycles. The van der Waals surface area contributed by atoms with Crippen molar-refractivity contribution in [3.63, 3.8) is 0 Å². The van der Waals surface area contributed by atoms with Gasteiger partial charge < -0.3 is 0 Å². The molecule has 1 aromatic carbocycles. The lowest BCUT2D eigenvalue weighted by Crippen LogP contribution is -2.12. The second-order valence-electron chi connectivity index (χ2n) is 3.10. The van der Waals surface area contributed by atoms with Crippen molar-refractivity contribution in [2.75, 3.05) is 4.90 Å². The van der Waals surface area contributed by atoms with Crippen LogP contribution in [-0.2, 0) is 4.79 Å². The summed E-state index contributed by atoms with van der Waals surface area (Å²) < 4.78 is 0. The molecular weight excluding hydrogens is 186 g/mol. The van der Waals surface area contributed by atoms with Gasteiger partial charge in [0, 0.05) is 11.9 Å². The molecule has 0 fully saturated rings. The van der Waals surface area contributed by atoms with Gasteiger partial charge in [-0.3, -0.25) is 9.69 Å². The Labute approximate surface area is 90.5 Å². The number of para-hydroxylation sites is 1. The van der Waals surface area contributed by atoms with Crippen LogP contribution in [-0.4, -0.2) is 6.41 Å². The van der Waals surface area contributed by atoms with E-state index in [1.807, 2.05) is 42.5 Å². The lowest BCUT2D eigenvalue weighted by atomic mass is 10.3. The van der Waals surface area contributed by atoms with Gasteiger partial charge in [0.25, 0.3) is 0 Å². The first-order valence-electron chi connectivity index (χ1n) is 4.94. The molecule has 0 unspecified atom stereocenters. The third-order valence-corrected chi connectivity index (χ3v) is 1.97. The topological polar surface area (TPSA) is 20.3 Å².